The number of amides is 1. The van der Waals surface area contributed by atoms with Crippen LogP contribution < -0.4 is 5.32 Å². The van der Waals surface area contributed by atoms with Crippen molar-refractivity contribution in [1.29, 1.82) is 0 Å². The lowest BCUT2D eigenvalue weighted by Crippen LogP contribution is -2.28. The van der Waals surface area contributed by atoms with Gasteiger partial charge in [0, 0.05) is 24.9 Å². The number of benzene rings is 1. The third kappa shape index (κ3) is 2.47. The zero-order chi connectivity index (χ0) is 15.7. The quantitative estimate of drug-likeness (QED) is 0.802. The Labute approximate surface area is 128 Å². The number of carbonyl (C=O) groups is 1. The molecule has 0 saturated carbocycles. The first-order chi connectivity index (χ1) is 10.6. The van der Waals surface area contributed by atoms with Gasteiger partial charge in [-0.15, -0.1) is 10.2 Å². The largest absolute Gasteiger partial charge is 0.461 e. The van der Waals surface area contributed by atoms with Crippen LogP contribution in [0.25, 0.3) is 11.0 Å². The van der Waals surface area contributed by atoms with Gasteiger partial charge in [-0.3, -0.25) is 4.79 Å². The monoisotopic (exact) mass is 298 g/mol. The molecule has 6 heteroatoms. The minimum absolute atomic E-state index is 0.0786. The molecule has 1 amide bonds. The van der Waals surface area contributed by atoms with Gasteiger partial charge >= 0.3 is 0 Å². The van der Waals surface area contributed by atoms with Crippen molar-refractivity contribution in [3.8, 4) is 0 Å². The van der Waals surface area contributed by atoms with Crippen LogP contribution in [0.1, 0.15) is 34.8 Å². The van der Waals surface area contributed by atoms with E-state index in [1.165, 1.54) is 0 Å². The molecule has 0 aliphatic heterocycles. The highest BCUT2D eigenvalue weighted by Gasteiger charge is 2.19. The molecule has 0 radical (unpaired) electrons. The summed E-state index contributed by atoms with van der Waals surface area (Å²) in [5, 5.41) is 11.7. The molecule has 114 valence electrons. The molecule has 22 heavy (non-hydrogen) atoms. The molecule has 0 fully saturated rings. The van der Waals surface area contributed by atoms with Crippen LogP contribution in [0.15, 0.2) is 35.0 Å². The standard InChI is InChI=1S/C16H18N4O2/c1-10(15-19-18-9-20(15)3)8-17-16(21)14-11(2)22-13-7-5-4-6-12(13)14/h4-7,9-10H,8H2,1-3H3,(H,17,21)/t10-/m1/s1. The van der Waals surface area contributed by atoms with E-state index in [9.17, 15) is 4.79 Å². The number of aromatic nitrogens is 3. The molecule has 0 bridgehead atoms. The second kappa shape index (κ2) is 5.63. The number of para-hydroxylation sites is 1. The van der Waals surface area contributed by atoms with E-state index in [-0.39, 0.29) is 11.8 Å². The second-order valence-electron chi connectivity index (χ2n) is 5.44. The van der Waals surface area contributed by atoms with E-state index >= 15 is 0 Å². The highest BCUT2D eigenvalue weighted by Crippen LogP contribution is 2.25. The van der Waals surface area contributed by atoms with Crippen molar-refractivity contribution in [1.82, 2.24) is 20.1 Å². The molecule has 2 aromatic heterocycles. The summed E-state index contributed by atoms with van der Waals surface area (Å²) in [6.45, 7) is 4.30. The van der Waals surface area contributed by atoms with Crippen LogP contribution in [0, 0.1) is 6.92 Å². The molecule has 0 unspecified atom stereocenters. The Balaban J connectivity index is 1.77. The van der Waals surface area contributed by atoms with Gasteiger partial charge in [0.1, 0.15) is 23.5 Å². The van der Waals surface area contributed by atoms with Gasteiger partial charge in [-0.1, -0.05) is 25.1 Å². The van der Waals surface area contributed by atoms with Gasteiger partial charge < -0.3 is 14.3 Å². The van der Waals surface area contributed by atoms with E-state index in [1.807, 2.05) is 42.8 Å². The molecule has 3 aromatic rings. The number of nitrogens with zero attached hydrogens (tertiary/aromatic N) is 3. The number of hydrogen-bond donors (Lipinski definition) is 1. The van der Waals surface area contributed by atoms with Crippen LogP contribution in [0.3, 0.4) is 0 Å². The van der Waals surface area contributed by atoms with E-state index < -0.39 is 0 Å². The predicted octanol–water partition coefficient (Wildman–Crippen LogP) is 2.40. The topological polar surface area (TPSA) is 73.0 Å². The Morgan fingerprint density at radius 3 is 2.91 bits per heavy atom. The number of carbonyl (C=O) groups excluding carboxylic acids is 1. The molecule has 1 N–H and O–H groups in total. The lowest BCUT2D eigenvalue weighted by molar-refractivity contribution is 0.0951. The Hall–Kier alpha value is -2.63. The lowest BCUT2D eigenvalue weighted by atomic mass is 10.1. The summed E-state index contributed by atoms with van der Waals surface area (Å²) in [7, 11) is 1.89. The number of fused-ring (bicyclic) bond motifs is 1. The summed E-state index contributed by atoms with van der Waals surface area (Å²) < 4.78 is 7.49. The molecule has 0 spiro atoms. The maximum atomic E-state index is 12.5. The molecule has 1 atom stereocenters. The van der Waals surface area contributed by atoms with Gasteiger partial charge in [-0.05, 0) is 13.0 Å². The highest BCUT2D eigenvalue weighted by molar-refractivity contribution is 6.07. The zero-order valence-corrected chi connectivity index (χ0v) is 12.8. The van der Waals surface area contributed by atoms with Crippen LogP contribution in [0.4, 0.5) is 0 Å². The molecular formula is C16H18N4O2. The van der Waals surface area contributed by atoms with Gasteiger partial charge in [0.05, 0.1) is 5.56 Å². The highest BCUT2D eigenvalue weighted by atomic mass is 16.3. The summed E-state index contributed by atoms with van der Waals surface area (Å²) in [4.78, 5) is 12.5. The van der Waals surface area contributed by atoms with E-state index in [4.69, 9.17) is 4.42 Å². The Bertz CT molecular complexity index is 819. The van der Waals surface area contributed by atoms with Crippen LogP contribution in [-0.4, -0.2) is 27.2 Å². The summed E-state index contributed by atoms with van der Waals surface area (Å²) in [6.07, 6.45) is 1.65. The van der Waals surface area contributed by atoms with Gasteiger partial charge in [0.2, 0.25) is 0 Å². The maximum Gasteiger partial charge on any atom is 0.255 e. The number of hydrogen-bond acceptors (Lipinski definition) is 4. The van der Waals surface area contributed by atoms with Gasteiger partial charge in [0.15, 0.2) is 0 Å². The second-order valence-corrected chi connectivity index (χ2v) is 5.44. The zero-order valence-electron chi connectivity index (χ0n) is 12.8. The van der Waals surface area contributed by atoms with Crippen molar-refractivity contribution in [2.45, 2.75) is 19.8 Å². The third-order valence-electron chi connectivity index (χ3n) is 3.75. The summed E-state index contributed by atoms with van der Waals surface area (Å²) in [5.41, 5.74) is 1.33. The minimum atomic E-state index is -0.128. The minimum Gasteiger partial charge on any atom is -0.461 e. The summed E-state index contributed by atoms with van der Waals surface area (Å²) in [5.74, 6) is 1.42. The molecule has 1 aromatic carbocycles. The SMILES string of the molecule is Cc1oc2ccccc2c1C(=O)NC[C@@H](C)c1nncn1C. The fourth-order valence-electron chi connectivity index (χ4n) is 2.61. The molecule has 0 aliphatic rings. The molecule has 0 aliphatic carbocycles. The maximum absolute atomic E-state index is 12.5. The van der Waals surface area contributed by atoms with E-state index in [1.54, 1.807) is 13.3 Å². The molecule has 3 rings (SSSR count). The fourth-order valence-corrected chi connectivity index (χ4v) is 2.61. The third-order valence-corrected chi connectivity index (χ3v) is 3.75. The Morgan fingerprint density at radius 2 is 2.18 bits per heavy atom. The number of furan rings is 1. The lowest BCUT2D eigenvalue weighted by Gasteiger charge is -2.11. The van der Waals surface area contributed by atoms with Crippen LogP contribution in [0.5, 0.6) is 0 Å². The average Bonchev–Trinajstić information content (AvgIpc) is 3.06. The molecule has 6 nitrogen and oxygen atoms in total. The first kappa shape index (κ1) is 14.3. The first-order valence-corrected chi connectivity index (χ1v) is 7.18. The smallest absolute Gasteiger partial charge is 0.255 e. The Morgan fingerprint density at radius 1 is 1.41 bits per heavy atom. The number of aryl methyl sites for hydroxylation is 2. The normalized spacial score (nSPS) is 12.5. The van der Waals surface area contributed by atoms with Gasteiger partial charge in [0.25, 0.3) is 5.91 Å². The van der Waals surface area contributed by atoms with Crippen LogP contribution >= 0.6 is 0 Å². The van der Waals surface area contributed by atoms with E-state index in [0.29, 0.717) is 17.9 Å². The van der Waals surface area contributed by atoms with Crippen molar-refractivity contribution in [3.63, 3.8) is 0 Å². The van der Waals surface area contributed by atoms with Crippen molar-refractivity contribution in [3.05, 3.63) is 47.7 Å². The van der Waals surface area contributed by atoms with Crippen molar-refractivity contribution >= 4 is 16.9 Å². The Kier molecular flexibility index (Phi) is 3.66. The van der Waals surface area contributed by atoms with Crippen molar-refractivity contribution < 1.29 is 9.21 Å². The molecular weight excluding hydrogens is 280 g/mol. The van der Waals surface area contributed by atoms with Crippen LogP contribution in [0.2, 0.25) is 0 Å². The predicted molar refractivity (Wildman–Crippen MR) is 82.7 cm³/mol. The molecule has 0 saturated heterocycles. The molecule has 2 heterocycles. The van der Waals surface area contributed by atoms with E-state index in [2.05, 4.69) is 15.5 Å². The van der Waals surface area contributed by atoms with E-state index in [0.717, 1.165) is 16.8 Å². The fraction of sp³-hybridized carbons (Fsp3) is 0.312. The van der Waals surface area contributed by atoms with Crippen molar-refractivity contribution in [2.24, 2.45) is 7.05 Å². The van der Waals surface area contributed by atoms with Gasteiger partial charge in [-0.25, -0.2) is 0 Å². The summed E-state index contributed by atoms with van der Waals surface area (Å²) in [6, 6.07) is 7.55. The number of rotatable bonds is 4. The first-order valence-electron chi connectivity index (χ1n) is 7.18. The van der Waals surface area contributed by atoms with Crippen molar-refractivity contribution in [2.75, 3.05) is 6.54 Å². The summed E-state index contributed by atoms with van der Waals surface area (Å²) >= 11 is 0. The number of nitrogens with one attached hydrogen (secondary N) is 1. The van der Waals surface area contributed by atoms with Gasteiger partial charge in [-0.2, -0.15) is 0 Å². The average molecular weight is 298 g/mol. The van der Waals surface area contributed by atoms with Crippen LogP contribution in [-0.2, 0) is 7.05 Å².